The predicted octanol–water partition coefficient (Wildman–Crippen LogP) is 2.03. The van der Waals surface area contributed by atoms with Crippen molar-refractivity contribution in [3.8, 4) is 5.75 Å². The van der Waals surface area contributed by atoms with E-state index in [0.717, 1.165) is 17.1 Å². The lowest BCUT2D eigenvalue weighted by molar-refractivity contribution is -0.118. The first kappa shape index (κ1) is 17.2. The first-order valence-corrected chi connectivity index (χ1v) is 8.89. The molecule has 0 atom stereocenters. The molecule has 0 bridgehead atoms. The third kappa shape index (κ3) is 4.48. The smallest absolute Gasteiger partial charge is 0.256 e. The lowest BCUT2D eigenvalue weighted by atomic mass is 10.3. The lowest BCUT2D eigenvalue weighted by Crippen LogP contribution is -2.29. The number of aryl methyl sites for hydroxylation is 2. The monoisotopic (exact) mass is 357 g/mol. The number of ether oxygens (including phenoxy) is 1. The van der Waals surface area contributed by atoms with Crippen molar-refractivity contribution in [3.63, 3.8) is 0 Å². The Hall–Kier alpha value is -2.61. The largest absolute Gasteiger partial charge is 0.492 e. The number of thioether (sulfide) groups is 1. The van der Waals surface area contributed by atoms with Gasteiger partial charge in [-0.05, 0) is 32.0 Å². The summed E-state index contributed by atoms with van der Waals surface area (Å²) in [6, 6.07) is 11.5. The molecular formula is C17H19N5O2S. The second-order valence-electron chi connectivity index (χ2n) is 5.46. The van der Waals surface area contributed by atoms with Crippen molar-refractivity contribution in [1.82, 2.24) is 24.9 Å². The van der Waals surface area contributed by atoms with Crippen LogP contribution in [0.25, 0.3) is 5.78 Å². The molecule has 0 spiro atoms. The normalized spacial score (nSPS) is 10.8. The number of carbonyl (C=O) groups excluding carboxylic acids is 1. The van der Waals surface area contributed by atoms with E-state index in [1.807, 2.05) is 54.6 Å². The maximum atomic E-state index is 12.0. The highest BCUT2D eigenvalue weighted by molar-refractivity contribution is 7.99. The average Bonchev–Trinajstić information content (AvgIpc) is 3.01. The van der Waals surface area contributed by atoms with Gasteiger partial charge in [0.25, 0.3) is 5.78 Å². The molecule has 0 saturated carbocycles. The minimum absolute atomic E-state index is 0.0730. The minimum Gasteiger partial charge on any atom is -0.492 e. The molecule has 8 heteroatoms. The Balaban J connectivity index is 1.46. The maximum absolute atomic E-state index is 12.0. The maximum Gasteiger partial charge on any atom is 0.256 e. The fourth-order valence-electron chi connectivity index (χ4n) is 2.35. The van der Waals surface area contributed by atoms with E-state index in [0.29, 0.717) is 24.1 Å². The summed E-state index contributed by atoms with van der Waals surface area (Å²) in [5.74, 6) is 1.53. The molecule has 1 amide bonds. The molecule has 0 fully saturated rings. The molecule has 2 heterocycles. The van der Waals surface area contributed by atoms with E-state index < -0.39 is 0 Å². The number of rotatable bonds is 7. The standard InChI is InChI=1S/C17H19N5O2S/c1-12-10-13(2)22-16(19-12)20-21-17(22)25-11-15(23)18-8-9-24-14-6-4-3-5-7-14/h3-7,10H,8-9,11H2,1-2H3,(H,18,23). The Morgan fingerprint density at radius 1 is 1.24 bits per heavy atom. The van der Waals surface area contributed by atoms with Crippen molar-refractivity contribution in [3.05, 3.63) is 47.8 Å². The average molecular weight is 357 g/mol. The summed E-state index contributed by atoms with van der Waals surface area (Å²) in [5.41, 5.74) is 1.89. The SMILES string of the molecule is Cc1cc(C)n2c(SCC(=O)NCCOc3ccccc3)nnc2n1. The Morgan fingerprint density at radius 3 is 2.84 bits per heavy atom. The Bertz CT molecular complexity index is 866. The molecule has 0 aliphatic carbocycles. The molecule has 25 heavy (non-hydrogen) atoms. The summed E-state index contributed by atoms with van der Waals surface area (Å²) in [6.45, 7) is 4.76. The highest BCUT2D eigenvalue weighted by atomic mass is 32.2. The number of hydrogen-bond donors (Lipinski definition) is 1. The van der Waals surface area contributed by atoms with Gasteiger partial charge < -0.3 is 10.1 Å². The van der Waals surface area contributed by atoms with Crippen LogP contribution in [0.1, 0.15) is 11.4 Å². The number of nitrogens with zero attached hydrogens (tertiary/aromatic N) is 4. The third-order valence-corrected chi connectivity index (χ3v) is 4.36. The number of carbonyl (C=O) groups is 1. The Labute approximate surface area is 149 Å². The van der Waals surface area contributed by atoms with E-state index in [4.69, 9.17) is 4.74 Å². The second-order valence-corrected chi connectivity index (χ2v) is 6.40. The number of aromatic nitrogens is 4. The predicted molar refractivity (Wildman–Crippen MR) is 95.9 cm³/mol. The Kier molecular flexibility index (Phi) is 5.49. The van der Waals surface area contributed by atoms with E-state index in [9.17, 15) is 4.79 Å². The number of amides is 1. The Morgan fingerprint density at radius 2 is 2.04 bits per heavy atom. The van der Waals surface area contributed by atoms with Crippen molar-refractivity contribution in [2.24, 2.45) is 0 Å². The van der Waals surface area contributed by atoms with Gasteiger partial charge in [-0.1, -0.05) is 30.0 Å². The van der Waals surface area contributed by atoms with Crippen molar-refractivity contribution in [1.29, 1.82) is 0 Å². The molecule has 7 nitrogen and oxygen atoms in total. The topological polar surface area (TPSA) is 81.4 Å². The van der Waals surface area contributed by atoms with E-state index in [-0.39, 0.29) is 11.7 Å². The van der Waals surface area contributed by atoms with Crippen LogP contribution in [0, 0.1) is 13.8 Å². The van der Waals surface area contributed by atoms with Crippen molar-refractivity contribution in [2.75, 3.05) is 18.9 Å². The third-order valence-electron chi connectivity index (χ3n) is 3.43. The van der Waals surface area contributed by atoms with Crippen LogP contribution < -0.4 is 10.1 Å². The zero-order valence-corrected chi connectivity index (χ0v) is 14.9. The van der Waals surface area contributed by atoms with Crippen LogP contribution in [0.15, 0.2) is 41.6 Å². The van der Waals surface area contributed by atoms with E-state index in [1.165, 1.54) is 11.8 Å². The molecule has 130 valence electrons. The number of hydrogen-bond acceptors (Lipinski definition) is 6. The van der Waals surface area contributed by atoms with Crippen LogP contribution in [0.5, 0.6) is 5.75 Å². The fraction of sp³-hybridized carbons (Fsp3) is 0.294. The summed E-state index contributed by atoms with van der Waals surface area (Å²) >= 11 is 1.34. The van der Waals surface area contributed by atoms with Gasteiger partial charge in [-0.15, -0.1) is 10.2 Å². The van der Waals surface area contributed by atoms with Crippen LogP contribution in [0.3, 0.4) is 0 Å². The van der Waals surface area contributed by atoms with Gasteiger partial charge in [0.05, 0.1) is 12.3 Å². The van der Waals surface area contributed by atoms with Gasteiger partial charge in [-0.25, -0.2) is 4.98 Å². The van der Waals surface area contributed by atoms with E-state index >= 15 is 0 Å². The van der Waals surface area contributed by atoms with Crippen LogP contribution in [-0.4, -0.2) is 44.4 Å². The molecule has 0 saturated heterocycles. The van der Waals surface area contributed by atoms with Gasteiger partial charge in [0.15, 0.2) is 5.16 Å². The van der Waals surface area contributed by atoms with Gasteiger partial charge in [0.2, 0.25) is 5.91 Å². The van der Waals surface area contributed by atoms with Gasteiger partial charge in [0.1, 0.15) is 12.4 Å². The van der Waals surface area contributed by atoms with E-state index in [1.54, 1.807) is 0 Å². The first-order valence-electron chi connectivity index (χ1n) is 7.90. The van der Waals surface area contributed by atoms with Crippen LogP contribution in [0.2, 0.25) is 0 Å². The lowest BCUT2D eigenvalue weighted by Gasteiger charge is -2.07. The summed E-state index contributed by atoms with van der Waals surface area (Å²) < 4.78 is 7.39. The molecule has 3 rings (SSSR count). The zero-order chi connectivity index (χ0) is 17.6. The minimum atomic E-state index is -0.0730. The molecule has 1 aromatic carbocycles. The highest BCUT2D eigenvalue weighted by Gasteiger charge is 2.12. The van der Waals surface area contributed by atoms with Crippen LogP contribution in [0.4, 0.5) is 0 Å². The first-order chi connectivity index (χ1) is 12.1. The summed E-state index contributed by atoms with van der Waals surface area (Å²) in [5, 5.41) is 11.7. The molecule has 0 aliphatic heterocycles. The van der Waals surface area contributed by atoms with Crippen molar-refractivity contribution in [2.45, 2.75) is 19.0 Å². The quantitative estimate of drug-likeness (QED) is 0.515. The fourth-order valence-corrected chi connectivity index (χ4v) is 3.17. The molecule has 0 aliphatic rings. The molecule has 3 aromatic rings. The second kappa shape index (κ2) is 7.98. The van der Waals surface area contributed by atoms with Crippen LogP contribution in [-0.2, 0) is 4.79 Å². The summed E-state index contributed by atoms with van der Waals surface area (Å²) in [7, 11) is 0. The summed E-state index contributed by atoms with van der Waals surface area (Å²) in [4.78, 5) is 16.3. The number of para-hydroxylation sites is 1. The van der Waals surface area contributed by atoms with Crippen molar-refractivity contribution >= 4 is 23.4 Å². The van der Waals surface area contributed by atoms with Gasteiger partial charge in [-0.3, -0.25) is 9.20 Å². The van der Waals surface area contributed by atoms with Crippen LogP contribution >= 0.6 is 11.8 Å². The molecular weight excluding hydrogens is 338 g/mol. The van der Waals surface area contributed by atoms with Gasteiger partial charge in [0, 0.05) is 11.4 Å². The van der Waals surface area contributed by atoms with Crippen molar-refractivity contribution < 1.29 is 9.53 Å². The zero-order valence-electron chi connectivity index (χ0n) is 14.1. The number of benzene rings is 1. The molecule has 0 radical (unpaired) electrons. The summed E-state index contributed by atoms with van der Waals surface area (Å²) in [6.07, 6.45) is 0. The molecule has 2 aromatic heterocycles. The van der Waals surface area contributed by atoms with E-state index in [2.05, 4.69) is 20.5 Å². The number of nitrogens with one attached hydrogen (secondary N) is 1. The number of fused-ring (bicyclic) bond motifs is 1. The van der Waals surface area contributed by atoms with Gasteiger partial charge in [-0.2, -0.15) is 0 Å². The highest BCUT2D eigenvalue weighted by Crippen LogP contribution is 2.18. The molecule has 1 N–H and O–H groups in total. The molecule has 0 unspecified atom stereocenters. The van der Waals surface area contributed by atoms with Gasteiger partial charge >= 0.3 is 0 Å².